The summed E-state index contributed by atoms with van der Waals surface area (Å²) in [5.41, 5.74) is 5.66. The van der Waals surface area contributed by atoms with Crippen molar-refractivity contribution in [2.24, 2.45) is 10.6 Å². The van der Waals surface area contributed by atoms with Crippen molar-refractivity contribution in [2.45, 2.75) is 83.9 Å². The Kier molecular flexibility index (Phi) is 14.8. The predicted octanol–water partition coefficient (Wildman–Crippen LogP) is 8.71. The lowest BCUT2D eigenvalue weighted by Crippen LogP contribution is -2.40. The van der Waals surface area contributed by atoms with Crippen LogP contribution in [0.5, 0.6) is 5.75 Å². The van der Waals surface area contributed by atoms with Gasteiger partial charge in [0.2, 0.25) is 0 Å². The van der Waals surface area contributed by atoms with Crippen LogP contribution in [0.15, 0.2) is 88.7 Å². The minimum atomic E-state index is -1.29. The van der Waals surface area contributed by atoms with Gasteiger partial charge < -0.3 is 28.8 Å². The van der Waals surface area contributed by atoms with Crippen molar-refractivity contribution in [3.63, 3.8) is 0 Å². The van der Waals surface area contributed by atoms with Gasteiger partial charge in [-0.05, 0) is 129 Å². The summed E-state index contributed by atoms with van der Waals surface area (Å²) in [6, 6.07) is 21.1. The van der Waals surface area contributed by atoms with Crippen LogP contribution < -0.4 is 15.0 Å². The van der Waals surface area contributed by atoms with Crippen LogP contribution in [-0.2, 0) is 37.8 Å². The van der Waals surface area contributed by atoms with Gasteiger partial charge in [-0.15, -0.1) is 4.91 Å². The molecule has 0 bridgehead atoms. The van der Waals surface area contributed by atoms with Crippen LogP contribution in [0.2, 0.25) is 0 Å². The normalized spacial score (nSPS) is 14.6. The van der Waals surface area contributed by atoms with Crippen LogP contribution in [0.1, 0.15) is 76.8 Å². The molecule has 12 heteroatoms. The van der Waals surface area contributed by atoms with Crippen molar-refractivity contribution in [1.82, 2.24) is 9.55 Å². The molecule has 1 N–H and O–H groups in total. The molecule has 1 aliphatic heterocycles. The van der Waals surface area contributed by atoms with Gasteiger partial charge in [0.25, 0.3) is 11.8 Å². The van der Waals surface area contributed by atoms with Gasteiger partial charge in [0.05, 0.1) is 18.3 Å². The van der Waals surface area contributed by atoms with E-state index in [1.54, 1.807) is 44.4 Å². The van der Waals surface area contributed by atoms with Crippen LogP contribution in [0.25, 0.3) is 17.2 Å². The SMILES string of the molecule is CCCCOCCOc1ccc(-c2ccc3c(c2)/C=C(/C(=O)Nc2ccc([S+]([O-])Cc4ncn(CCC)c4C)cc2)CCCN3CC(C)(C)C(=O)N=O)cc1. The van der Waals surface area contributed by atoms with Gasteiger partial charge in [-0.3, -0.25) is 9.59 Å². The van der Waals surface area contributed by atoms with E-state index in [4.69, 9.17) is 9.47 Å². The minimum absolute atomic E-state index is 0.225. The van der Waals surface area contributed by atoms with Crippen molar-refractivity contribution in [3.8, 4) is 16.9 Å². The molecule has 0 saturated heterocycles. The van der Waals surface area contributed by atoms with Gasteiger partial charge in [-0.1, -0.05) is 38.5 Å². The lowest BCUT2D eigenvalue weighted by molar-refractivity contribution is -0.125. The van der Waals surface area contributed by atoms with E-state index in [2.05, 4.69) is 38.8 Å². The number of fused-ring (bicyclic) bond motifs is 1. The molecule has 4 aromatic rings. The fraction of sp³-hybridized carbons (Fsp3) is 0.419. The Labute approximate surface area is 327 Å². The van der Waals surface area contributed by atoms with E-state index in [0.29, 0.717) is 61.1 Å². The highest BCUT2D eigenvalue weighted by atomic mass is 32.2. The molecular weight excluding hydrogens is 715 g/mol. The number of hydrogen-bond acceptors (Lipinski definition) is 8. The molecule has 55 heavy (non-hydrogen) atoms. The molecule has 0 radical (unpaired) electrons. The minimum Gasteiger partial charge on any atom is -0.611 e. The van der Waals surface area contributed by atoms with Gasteiger partial charge in [0.1, 0.15) is 18.1 Å². The first kappa shape index (κ1) is 41.4. The fourth-order valence-corrected chi connectivity index (χ4v) is 7.64. The Bertz CT molecular complexity index is 1940. The van der Waals surface area contributed by atoms with Gasteiger partial charge in [0.15, 0.2) is 10.6 Å². The standard InChI is InChI=1S/C43H53N5O6S/c1-6-8-23-53-24-25-54-37-16-11-32(12-17-37)33-13-20-40-35(26-33)27-34(10-9-22-47(40)29-43(4,5)42(50)46-51)41(49)45-36-14-18-38(19-15-36)55(52)28-39-31(3)48(21-7-2)30-44-39/h11-20,26-27,30H,6-10,21-25,28-29H2,1-5H3,(H,45,49)/b34-27+. The molecule has 11 nitrogen and oxygen atoms in total. The second-order valence-electron chi connectivity index (χ2n) is 14.5. The molecular formula is C43H53N5O6S. The smallest absolute Gasteiger partial charge is 0.293 e. The topological polar surface area (TPSA) is 138 Å². The second kappa shape index (κ2) is 19.7. The van der Waals surface area contributed by atoms with E-state index in [-0.39, 0.29) is 5.91 Å². The summed E-state index contributed by atoms with van der Waals surface area (Å²) in [4.78, 5) is 44.7. The van der Waals surface area contributed by atoms with Crippen LogP contribution >= 0.6 is 0 Å². The summed E-state index contributed by atoms with van der Waals surface area (Å²) < 4.78 is 26.8. The summed E-state index contributed by atoms with van der Waals surface area (Å²) in [7, 11) is 0. The third kappa shape index (κ3) is 11.1. The number of ether oxygens (including phenoxy) is 2. The number of nitroso groups, excluding NO2 is 1. The molecule has 1 aromatic heterocycles. The van der Waals surface area contributed by atoms with E-state index in [1.165, 1.54) is 0 Å². The molecule has 0 saturated carbocycles. The molecule has 0 spiro atoms. The highest BCUT2D eigenvalue weighted by Crippen LogP contribution is 2.35. The van der Waals surface area contributed by atoms with E-state index in [9.17, 15) is 19.0 Å². The fourth-order valence-electron chi connectivity index (χ4n) is 6.50. The van der Waals surface area contributed by atoms with Crippen LogP contribution in [-0.4, -0.2) is 58.8 Å². The summed E-state index contributed by atoms with van der Waals surface area (Å²) in [6.07, 6.45) is 7.98. The highest BCUT2D eigenvalue weighted by Gasteiger charge is 2.32. The number of benzene rings is 3. The molecule has 5 rings (SSSR count). The lowest BCUT2D eigenvalue weighted by atomic mass is 9.90. The Balaban J connectivity index is 1.34. The highest BCUT2D eigenvalue weighted by molar-refractivity contribution is 7.90. The maximum Gasteiger partial charge on any atom is 0.293 e. The zero-order chi connectivity index (χ0) is 39.4. The summed E-state index contributed by atoms with van der Waals surface area (Å²) in [6.45, 7) is 13.2. The molecule has 3 aromatic carbocycles. The predicted molar refractivity (Wildman–Crippen MR) is 220 cm³/mol. The Morgan fingerprint density at radius 1 is 0.982 bits per heavy atom. The van der Waals surface area contributed by atoms with Crippen molar-refractivity contribution in [3.05, 3.63) is 100 Å². The van der Waals surface area contributed by atoms with Crippen molar-refractivity contribution in [2.75, 3.05) is 43.1 Å². The maximum atomic E-state index is 13.8. The molecule has 1 atom stereocenters. The number of hydrogen-bond donors (Lipinski definition) is 1. The number of rotatable bonds is 18. The van der Waals surface area contributed by atoms with Crippen molar-refractivity contribution in [1.29, 1.82) is 0 Å². The maximum absolute atomic E-state index is 13.8. The number of carbonyl (C=O) groups is 2. The first-order chi connectivity index (χ1) is 26.5. The lowest BCUT2D eigenvalue weighted by Gasteiger charge is -2.34. The number of anilines is 2. The molecule has 0 aliphatic carbocycles. The summed E-state index contributed by atoms with van der Waals surface area (Å²) in [5.74, 6) is 0.147. The van der Waals surface area contributed by atoms with Crippen LogP contribution in [0.3, 0.4) is 0 Å². The van der Waals surface area contributed by atoms with Gasteiger partial charge >= 0.3 is 0 Å². The van der Waals surface area contributed by atoms with Crippen LogP contribution in [0, 0.1) is 17.2 Å². The van der Waals surface area contributed by atoms with E-state index in [1.807, 2.05) is 55.5 Å². The van der Waals surface area contributed by atoms with Crippen molar-refractivity contribution >= 4 is 40.4 Å². The number of unbranched alkanes of at least 4 members (excludes halogenated alkanes) is 1. The summed E-state index contributed by atoms with van der Waals surface area (Å²) >= 11 is -1.29. The number of amides is 2. The van der Waals surface area contributed by atoms with E-state index >= 15 is 0 Å². The molecule has 2 heterocycles. The summed E-state index contributed by atoms with van der Waals surface area (Å²) in [5, 5.41) is 5.76. The Morgan fingerprint density at radius 2 is 1.73 bits per heavy atom. The van der Waals surface area contributed by atoms with Gasteiger partial charge in [-0.25, -0.2) is 4.98 Å². The zero-order valence-corrected chi connectivity index (χ0v) is 33.5. The first-order valence-corrected chi connectivity index (χ1v) is 20.4. The number of aryl methyl sites for hydroxylation is 1. The van der Waals surface area contributed by atoms with Crippen molar-refractivity contribution < 1.29 is 23.6 Å². The average molecular weight is 768 g/mol. The number of aromatic nitrogens is 2. The zero-order valence-electron chi connectivity index (χ0n) is 32.6. The third-order valence-corrected chi connectivity index (χ3v) is 11.1. The molecule has 0 fully saturated rings. The molecule has 1 unspecified atom stereocenters. The number of imidazole rings is 1. The van der Waals surface area contributed by atoms with E-state index < -0.39 is 22.5 Å². The number of nitrogens with zero attached hydrogens (tertiary/aromatic N) is 4. The Hall–Kier alpha value is -4.78. The third-order valence-electron chi connectivity index (χ3n) is 9.75. The van der Waals surface area contributed by atoms with Crippen LogP contribution in [0.4, 0.5) is 11.4 Å². The molecule has 292 valence electrons. The monoisotopic (exact) mass is 767 g/mol. The van der Waals surface area contributed by atoms with Gasteiger partial charge in [-0.2, -0.15) is 0 Å². The molecule has 2 amide bonds. The first-order valence-electron chi connectivity index (χ1n) is 19.1. The quantitative estimate of drug-likeness (QED) is 0.0603. The average Bonchev–Trinajstić information content (AvgIpc) is 3.52. The Morgan fingerprint density at radius 3 is 2.44 bits per heavy atom. The van der Waals surface area contributed by atoms with E-state index in [0.717, 1.165) is 71.9 Å². The number of nitrogens with one attached hydrogen (secondary N) is 1. The largest absolute Gasteiger partial charge is 0.611 e. The van der Waals surface area contributed by atoms with Gasteiger partial charge in [0, 0.05) is 54.1 Å². The number of carbonyl (C=O) groups excluding carboxylic acids is 2. The second-order valence-corrected chi connectivity index (χ2v) is 16.0. The molecule has 1 aliphatic rings.